The van der Waals surface area contributed by atoms with E-state index < -0.39 is 27.5 Å². The van der Waals surface area contributed by atoms with Gasteiger partial charge in [0.25, 0.3) is 5.91 Å². The van der Waals surface area contributed by atoms with Crippen molar-refractivity contribution in [3.63, 3.8) is 0 Å². The monoisotopic (exact) mass is 475 g/mol. The highest BCUT2D eigenvalue weighted by Crippen LogP contribution is 2.36. The van der Waals surface area contributed by atoms with Gasteiger partial charge in [-0.15, -0.1) is 0 Å². The van der Waals surface area contributed by atoms with Crippen LogP contribution in [0.1, 0.15) is 12.5 Å². The van der Waals surface area contributed by atoms with Gasteiger partial charge in [0.15, 0.2) is 11.5 Å². The molecule has 176 valence electrons. The van der Waals surface area contributed by atoms with Gasteiger partial charge >= 0.3 is 6.03 Å². The number of fused-ring (bicyclic) bond motifs is 1. The fraction of sp³-hybridized carbons (Fsp3) is 0.364. The van der Waals surface area contributed by atoms with Gasteiger partial charge in [0, 0.05) is 14.1 Å². The van der Waals surface area contributed by atoms with Gasteiger partial charge in [-0.3, -0.25) is 9.69 Å². The third-order valence-corrected chi connectivity index (χ3v) is 7.41. The van der Waals surface area contributed by atoms with Crippen LogP contribution in [0.3, 0.4) is 0 Å². The van der Waals surface area contributed by atoms with Gasteiger partial charge in [-0.2, -0.15) is 0 Å². The molecule has 0 aliphatic carbocycles. The number of imide groups is 1. The predicted molar refractivity (Wildman–Crippen MR) is 118 cm³/mol. The second kappa shape index (κ2) is 8.56. The summed E-state index contributed by atoms with van der Waals surface area (Å²) in [6.07, 6.45) is 0. The summed E-state index contributed by atoms with van der Waals surface area (Å²) < 4.78 is 42.1. The molecule has 2 aliphatic rings. The zero-order valence-electron chi connectivity index (χ0n) is 18.5. The third-order valence-electron chi connectivity index (χ3n) is 5.58. The molecule has 2 heterocycles. The number of nitrogens with one attached hydrogen (secondary N) is 1. The SMILES string of the molecule is CN(C)S(=O)(=O)c1ccc(OCCN2C(=O)N[C@@](C)(c3ccc4c(c3)OCCO4)C2=O)cc1. The van der Waals surface area contributed by atoms with E-state index in [2.05, 4.69) is 5.32 Å². The zero-order valence-corrected chi connectivity index (χ0v) is 19.3. The normalized spacial score (nSPS) is 20.2. The lowest BCUT2D eigenvalue weighted by molar-refractivity contribution is -0.131. The van der Waals surface area contributed by atoms with Gasteiger partial charge in [-0.05, 0) is 48.9 Å². The lowest BCUT2D eigenvalue weighted by atomic mass is 9.91. The molecule has 10 nitrogen and oxygen atoms in total. The van der Waals surface area contributed by atoms with E-state index in [1.54, 1.807) is 25.1 Å². The van der Waals surface area contributed by atoms with Crippen molar-refractivity contribution in [3.05, 3.63) is 48.0 Å². The van der Waals surface area contributed by atoms with Crippen molar-refractivity contribution in [2.24, 2.45) is 0 Å². The van der Waals surface area contributed by atoms with Crippen molar-refractivity contribution in [2.75, 3.05) is 40.5 Å². The number of sulfonamides is 1. The summed E-state index contributed by atoms with van der Waals surface area (Å²) in [6.45, 7) is 2.60. The maximum absolute atomic E-state index is 13.1. The highest BCUT2D eigenvalue weighted by Gasteiger charge is 2.49. The van der Waals surface area contributed by atoms with Gasteiger partial charge in [-0.1, -0.05) is 6.07 Å². The fourth-order valence-corrected chi connectivity index (χ4v) is 4.53. The van der Waals surface area contributed by atoms with Crippen LogP contribution in [0.15, 0.2) is 47.4 Å². The highest BCUT2D eigenvalue weighted by molar-refractivity contribution is 7.89. The zero-order chi connectivity index (χ0) is 23.8. The molecule has 2 aliphatic heterocycles. The van der Waals surface area contributed by atoms with Crippen LogP contribution in [-0.4, -0.2) is 70.0 Å². The molecule has 3 amide bonds. The first-order chi connectivity index (χ1) is 15.6. The van der Waals surface area contributed by atoms with Gasteiger partial charge < -0.3 is 19.5 Å². The van der Waals surface area contributed by atoms with E-state index >= 15 is 0 Å². The van der Waals surface area contributed by atoms with Crippen molar-refractivity contribution < 1.29 is 32.2 Å². The van der Waals surface area contributed by atoms with Gasteiger partial charge in [0.1, 0.15) is 31.1 Å². The Bertz CT molecular complexity index is 1180. The minimum atomic E-state index is -3.53. The van der Waals surface area contributed by atoms with Crippen molar-refractivity contribution in [1.29, 1.82) is 0 Å². The molecule has 0 spiro atoms. The average Bonchev–Trinajstić information content (AvgIpc) is 3.02. The highest BCUT2D eigenvalue weighted by atomic mass is 32.2. The molecule has 0 aromatic heterocycles. The van der Waals surface area contributed by atoms with E-state index in [0.29, 0.717) is 36.0 Å². The first-order valence-electron chi connectivity index (χ1n) is 10.3. The van der Waals surface area contributed by atoms with E-state index in [1.807, 2.05) is 0 Å². The largest absolute Gasteiger partial charge is 0.492 e. The number of carbonyl (C=O) groups is 2. The van der Waals surface area contributed by atoms with Crippen LogP contribution in [-0.2, 0) is 20.4 Å². The molecule has 33 heavy (non-hydrogen) atoms. The summed E-state index contributed by atoms with van der Waals surface area (Å²) in [4.78, 5) is 26.9. The van der Waals surface area contributed by atoms with Gasteiger partial charge in [-0.25, -0.2) is 17.5 Å². The van der Waals surface area contributed by atoms with Crippen molar-refractivity contribution >= 4 is 22.0 Å². The van der Waals surface area contributed by atoms with E-state index in [-0.39, 0.29) is 18.0 Å². The number of benzene rings is 2. The summed E-state index contributed by atoms with van der Waals surface area (Å²) >= 11 is 0. The second-order valence-electron chi connectivity index (χ2n) is 7.98. The number of hydrogen-bond acceptors (Lipinski definition) is 7. The average molecular weight is 476 g/mol. The first-order valence-corrected chi connectivity index (χ1v) is 11.8. The Balaban J connectivity index is 1.41. The molecule has 2 aromatic rings. The Morgan fingerprint density at radius 3 is 2.39 bits per heavy atom. The first kappa shape index (κ1) is 22.9. The molecule has 1 fully saturated rings. The Kier molecular flexibility index (Phi) is 5.93. The van der Waals surface area contributed by atoms with Crippen molar-refractivity contribution in [3.8, 4) is 17.2 Å². The molecule has 2 aromatic carbocycles. The van der Waals surface area contributed by atoms with Crippen LogP contribution in [0.5, 0.6) is 17.2 Å². The number of ether oxygens (including phenoxy) is 3. The molecule has 1 N–H and O–H groups in total. The lowest BCUT2D eigenvalue weighted by Gasteiger charge is -2.25. The summed E-state index contributed by atoms with van der Waals surface area (Å²) in [6, 6.07) is 10.6. The Morgan fingerprint density at radius 1 is 1.06 bits per heavy atom. The van der Waals surface area contributed by atoms with Crippen LogP contribution in [0.4, 0.5) is 4.79 Å². The van der Waals surface area contributed by atoms with E-state index in [1.165, 1.54) is 38.4 Å². The maximum atomic E-state index is 13.1. The number of nitrogens with zero attached hydrogens (tertiary/aromatic N) is 2. The van der Waals surface area contributed by atoms with Crippen molar-refractivity contribution in [2.45, 2.75) is 17.4 Å². The molecule has 1 saturated heterocycles. The molecule has 0 unspecified atom stereocenters. The lowest BCUT2D eigenvalue weighted by Crippen LogP contribution is -2.41. The van der Waals surface area contributed by atoms with E-state index in [0.717, 1.165) is 9.21 Å². The second-order valence-corrected chi connectivity index (χ2v) is 10.1. The molecule has 0 saturated carbocycles. The molecule has 11 heteroatoms. The maximum Gasteiger partial charge on any atom is 0.325 e. The van der Waals surface area contributed by atoms with Crippen molar-refractivity contribution in [1.82, 2.24) is 14.5 Å². The quantitative estimate of drug-likeness (QED) is 0.605. The summed E-state index contributed by atoms with van der Waals surface area (Å²) in [5.74, 6) is 1.15. The molecule has 1 atom stereocenters. The molecule has 0 bridgehead atoms. The summed E-state index contributed by atoms with van der Waals surface area (Å²) in [5, 5.41) is 2.75. The van der Waals surface area contributed by atoms with E-state index in [4.69, 9.17) is 14.2 Å². The number of urea groups is 1. The third kappa shape index (κ3) is 4.21. The molecular weight excluding hydrogens is 450 g/mol. The van der Waals surface area contributed by atoms with Crippen LogP contribution in [0.25, 0.3) is 0 Å². The number of hydrogen-bond donors (Lipinski definition) is 1. The van der Waals surface area contributed by atoms with Crippen LogP contribution in [0.2, 0.25) is 0 Å². The predicted octanol–water partition coefficient (Wildman–Crippen LogP) is 1.55. The fourth-order valence-electron chi connectivity index (χ4n) is 3.62. The summed E-state index contributed by atoms with van der Waals surface area (Å²) in [5.41, 5.74) is -0.652. The minimum absolute atomic E-state index is 0.0303. The smallest absolute Gasteiger partial charge is 0.325 e. The number of carbonyl (C=O) groups excluding carboxylic acids is 2. The van der Waals surface area contributed by atoms with E-state index in [9.17, 15) is 18.0 Å². The Morgan fingerprint density at radius 2 is 1.73 bits per heavy atom. The number of amides is 3. The van der Waals surface area contributed by atoms with Crippen LogP contribution in [0, 0.1) is 0 Å². The Hall–Kier alpha value is -3.31. The molecular formula is C22H25N3O7S. The Labute approximate surface area is 192 Å². The van der Waals surface area contributed by atoms with Crippen LogP contribution < -0.4 is 19.5 Å². The topological polar surface area (TPSA) is 114 Å². The van der Waals surface area contributed by atoms with Gasteiger partial charge in [0.05, 0.1) is 11.4 Å². The summed E-state index contributed by atoms with van der Waals surface area (Å²) in [7, 11) is -0.622. The van der Waals surface area contributed by atoms with Gasteiger partial charge in [0.2, 0.25) is 10.0 Å². The molecule has 0 radical (unpaired) electrons. The number of rotatable bonds is 7. The minimum Gasteiger partial charge on any atom is -0.492 e. The van der Waals surface area contributed by atoms with Crippen LogP contribution >= 0.6 is 0 Å². The molecule has 4 rings (SSSR count). The standard InChI is InChI=1S/C22H25N3O7S/c1-22(15-4-9-18-19(14-15)32-13-12-31-18)20(26)25(21(27)23-22)10-11-30-16-5-7-17(8-6-16)33(28,29)24(2)3/h4-9,14H,10-13H2,1-3H3,(H,23,27)/t22-/m0/s1.